The van der Waals surface area contributed by atoms with Crippen LogP contribution in [0.3, 0.4) is 0 Å². The monoisotopic (exact) mass is 398 g/mol. The molecule has 29 heavy (non-hydrogen) atoms. The summed E-state index contributed by atoms with van der Waals surface area (Å²) in [5.74, 6) is 0.301. The van der Waals surface area contributed by atoms with Gasteiger partial charge in [-0.25, -0.2) is 0 Å². The van der Waals surface area contributed by atoms with Crippen molar-refractivity contribution < 1.29 is 4.74 Å². The van der Waals surface area contributed by atoms with Gasteiger partial charge in [-0.05, 0) is 35.8 Å². The minimum absolute atomic E-state index is 0.0218. The molecule has 2 atom stereocenters. The Balaban J connectivity index is 1.85. The molecule has 1 aliphatic rings. The third-order valence-corrected chi connectivity index (χ3v) is 8.08. The van der Waals surface area contributed by atoms with Gasteiger partial charge in [0, 0.05) is 13.0 Å². The Labute approximate surface area is 175 Å². The molecule has 0 amide bonds. The standard InChI is InChI=1S/C27H27OP/c1-3-21-13-12-19-24(21)27(28-2)25-18-10-11-20-26(25)29(22-14-6-4-7-15-22)23-16-8-5-9-17-23/h4-20,24,27H,3H2,1-2H3/t24?,27-/m0/s1. The summed E-state index contributed by atoms with van der Waals surface area (Å²) in [5, 5.41) is 4.11. The van der Waals surface area contributed by atoms with Crippen LogP contribution in [-0.4, -0.2) is 7.11 Å². The van der Waals surface area contributed by atoms with Gasteiger partial charge >= 0.3 is 0 Å². The van der Waals surface area contributed by atoms with Crippen LogP contribution in [0.1, 0.15) is 25.0 Å². The highest BCUT2D eigenvalue weighted by Gasteiger charge is 2.30. The minimum atomic E-state index is -0.661. The number of ether oxygens (including phenoxy) is 1. The molecular weight excluding hydrogens is 371 g/mol. The Morgan fingerprint density at radius 2 is 1.41 bits per heavy atom. The SMILES string of the molecule is CCC1=CC=CC1[C@H](OC)c1ccccc1P(c1ccccc1)c1ccccc1. The molecule has 1 aliphatic carbocycles. The summed E-state index contributed by atoms with van der Waals surface area (Å²) in [4.78, 5) is 0. The fraction of sp³-hybridized carbons (Fsp3) is 0.185. The third-order valence-electron chi connectivity index (χ3n) is 5.56. The van der Waals surface area contributed by atoms with Gasteiger partial charge in [-0.1, -0.05) is 116 Å². The summed E-state index contributed by atoms with van der Waals surface area (Å²) >= 11 is 0. The van der Waals surface area contributed by atoms with E-state index in [0.29, 0.717) is 5.92 Å². The van der Waals surface area contributed by atoms with E-state index in [-0.39, 0.29) is 6.10 Å². The predicted octanol–water partition coefficient (Wildman–Crippen LogP) is 5.65. The van der Waals surface area contributed by atoms with E-state index < -0.39 is 7.92 Å². The summed E-state index contributed by atoms with van der Waals surface area (Å²) in [7, 11) is 1.18. The summed E-state index contributed by atoms with van der Waals surface area (Å²) in [6.07, 6.45) is 7.78. The zero-order valence-corrected chi connectivity index (χ0v) is 17.9. The lowest BCUT2D eigenvalue weighted by molar-refractivity contribution is 0.0801. The number of methoxy groups -OCH3 is 1. The van der Waals surface area contributed by atoms with Gasteiger partial charge in [-0.3, -0.25) is 0 Å². The quantitative estimate of drug-likeness (QED) is 0.467. The molecule has 0 saturated carbocycles. The highest BCUT2D eigenvalue weighted by molar-refractivity contribution is 7.79. The lowest BCUT2D eigenvalue weighted by Crippen LogP contribution is -2.27. The van der Waals surface area contributed by atoms with E-state index in [0.717, 1.165) is 6.42 Å². The normalized spacial score (nSPS) is 16.8. The van der Waals surface area contributed by atoms with Gasteiger partial charge in [-0.2, -0.15) is 0 Å². The van der Waals surface area contributed by atoms with Crippen LogP contribution in [0.5, 0.6) is 0 Å². The summed E-state index contributed by atoms with van der Waals surface area (Å²) < 4.78 is 6.13. The predicted molar refractivity (Wildman–Crippen MR) is 126 cm³/mol. The van der Waals surface area contributed by atoms with Crippen molar-refractivity contribution in [2.75, 3.05) is 7.11 Å². The first-order valence-corrected chi connectivity index (χ1v) is 11.6. The van der Waals surface area contributed by atoms with Crippen molar-refractivity contribution in [3.8, 4) is 0 Å². The van der Waals surface area contributed by atoms with Gasteiger partial charge in [0.2, 0.25) is 0 Å². The first kappa shape index (κ1) is 19.8. The smallest absolute Gasteiger partial charge is 0.0927 e. The van der Waals surface area contributed by atoms with Gasteiger partial charge in [0.25, 0.3) is 0 Å². The molecule has 1 nitrogen and oxygen atoms in total. The second kappa shape index (κ2) is 9.35. The molecule has 0 N–H and O–H groups in total. The Hall–Kier alpha value is -2.47. The van der Waals surface area contributed by atoms with Crippen molar-refractivity contribution in [2.45, 2.75) is 19.4 Å². The van der Waals surface area contributed by atoms with E-state index in [2.05, 4.69) is 110 Å². The fourth-order valence-electron chi connectivity index (χ4n) is 4.16. The van der Waals surface area contributed by atoms with E-state index in [4.69, 9.17) is 4.74 Å². The molecule has 0 heterocycles. The average molecular weight is 398 g/mol. The van der Waals surface area contributed by atoms with Gasteiger partial charge in [0.1, 0.15) is 0 Å². The summed E-state index contributed by atoms with van der Waals surface area (Å²) in [6, 6.07) is 30.6. The van der Waals surface area contributed by atoms with Crippen molar-refractivity contribution in [3.05, 3.63) is 114 Å². The molecule has 1 unspecified atom stereocenters. The maximum atomic E-state index is 6.13. The van der Waals surface area contributed by atoms with Crippen molar-refractivity contribution in [1.29, 1.82) is 0 Å². The van der Waals surface area contributed by atoms with E-state index in [1.54, 1.807) is 0 Å². The molecule has 3 aromatic carbocycles. The van der Waals surface area contributed by atoms with Crippen molar-refractivity contribution >= 4 is 23.8 Å². The largest absolute Gasteiger partial charge is 0.376 e. The summed E-state index contributed by atoms with van der Waals surface area (Å²) in [5.41, 5.74) is 2.74. The molecule has 0 aromatic heterocycles. The Kier molecular flexibility index (Phi) is 6.39. The second-order valence-corrected chi connectivity index (χ2v) is 9.41. The minimum Gasteiger partial charge on any atom is -0.376 e. The molecule has 0 bridgehead atoms. The lowest BCUT2D eigenvalue weighted by atomic mass is 9.90. The van der Waals surface area contributed by atoms with Crippen LogP contribution in [0, 0.1) is 5.92 Å². The molecule has 4 rings (SSSR count). The van der Waals surface area contributed by atoms with Crippen molar-refractivity contribution in [2.24, 2.45) is 5.92 Å². The Morgan fingerprint density at radius 1 is 0.828 bits per heavy atom. The van der Waals surface area contributed by atoms with E-state index >= 15 is 0 Å². The van der Waals surface area contributed by atoms with Gasteiger partial charge in [0.05, 0.1) is 6.10 Å². The molecule has 3 aromatic rings. The van der Waals surface area contributed by atoms with E-state index in [9.17, 15) is 0 Å². The zero-order chi connectivity index (χ0) is 20.1. The number of allylic oxidation sites excluding steroid dienone is 2. The molecule has 2 heteroatoms. The first-order valence-electron chi connectivity index (χ1n) is 10.2. The van der Waals surface area contributed by atoms with Crippen LogP contribution < -0.4 is 15.9 Å². The number of hydrogen-bond donors (Lipinski definition) is 0. The lowest BCUT2D eigenvalue weighted by Gasteiger charge is -2.29. The molecule has 0 saturated heterocycles. The van der Waals surface area contributed by atoms with Crippen LogP contribution >= 0.6 is 7.92 Å². The van der Waals surface area contributed by atoms with Gasteiger partial charge < -0.3 is 4.74 Å². The average Bonchev–Trinajstić information content (AvgIpc) is 3.26. The number of hydrogen-bond acceptors (Lipinski definition) is 1. The highest BCUT2D eigenvalue weighted by Crippen LogP contribution is 2.41. The fourth-order valence-corrected chi connectivity index (χ4v) is 6.65. The summed E-state index contributed by atoms with van der Waals surface area (Å²) in [6.45, 7) is 2.23. The molecule has 0 fully saturated rings. The Morgan fingerprint density at radius 3 is 2.00 bits per heavy atom. The van der Waals surface area contributed by atoms with E-state index in [1.807, 2.05) is 7.11 Å². The third kappa shape index (κ3) is 4.13. The molecular formula is C27H27OP. The molecule has 146 valence electrons. The second-order valence-electron chi connectivity index (χ2n) is 7.23. The topological polar surface area (TPSA) is 9.23 Å². The van der Waals surface area contributed by atoms with Crippen molar-refractivity contribution in [1.82, 2.24) is 0 Å². The molecule has 0 spiro atoms. The maximum absolute atomic E-state index is 6.13. The van der Waals surface area contributed by atoms with E-state index in [1.165, 1.54) is 27.1 Å². The van der Waals surface area contributed by atoms with Crippen LogP contribution in [0.25, 0.3) is 0 Å². The van der Waals surface area contributed by atoms with Crippen LogP contribution in [0.2, 0.25) is 0 Å². The highest BCUT2D eigenvalue weighted by atomic mass is 31.1. The maximum Gasteiger partial charge on any atom is 0.0927 e. The van der Waals surface area contributed by atoms with Crippen molar-refractivity contribution in [3.63, 3.8) is 0 Å². The Bertz CT molecular complexity index is 952. The number of benzene rings is 3. The van der Waals surface area contributed by atoms with Crippen LogP contribution in [0.4, 0.5) is 0 Å². The first-order chi connectivity index (χ1) is 14.3. The van der Waals surface area contributed by atoms with Crippen LogP contribution in [0.15, 0.2) is 109 Å². The molecule has 0 aliphatic heterocycles. The van der Waals surface area contributed by atoms with Crippen LogP contribution in [-0.2, 0) is 4.74 Å². The zero-order valence-electron chi connectivity index (χ0n) is 17.0. The van der Waals surface area contributed by atoms with Gasteiger partial charge in [0.15, 0.2) is 0 Å². The number of rotatable bonds is 7. The van der Waals surface area contributed by atoms with Gasteiger partial charge in [-0.15, -0.1) is 0 Å². The molecule has 0 radical (unpaired) electrons.